The van der Waals surface area contributed by atoms with Crippen molar-refractivity contribution in [2.45, 2.75) is 6.92 Å². The van der Waals surface area contributed by atoms with E-state index >= 15 is 0 Å². The van der Waals surface area contributed by atoms with E-state index in [2.05, 4.69) is 42.5 Å². The highest BCUT2D eigenvalue weighted by Gasteiger charge is 2.11. The van der Waals surface area contributed by atoms with E-state index in [9.17, 15) is 14.9 Å². The van der Waals surface area contributed by atoms with E-state index < -0.39 is 10.8 Å². The van der Waals surface area contributed by atoms with Gasteiger partial charge in [-0.15, -0.1) is 0 Å². The third-order valence-corrected chi connectivity index (χ3v) is 4.49. The van der Waals surface area contributed by atoms with Crippen LogP contribution in [0.25, 0.3) is 0 Å². The molecule has 10 heteroatoms. The van der Waals surface area contributed by atoms with Gasteiger partial charge in [-0.05, 0) is 64.9 Å². The van der Waals surface area contributed by atoms with Gasteiger partial charge in [-0.2, -0.15) is 0 Å². The lowest BCUT2D eigenvalue weighted by atomic mass is 10.2. The van der Waals surface area contributed by atoms with Crippen molar-refractivity contribution >= 4 is 66.5 Å². The number of hydrogen-bond acceptors (Lipinski definition) is 5. The zero-order valence-corrected chi connectivity index (χ0v) is 17.4. The van der Waals surface area contributed by atoms with Crippen molar-refractivity contribution in [3.8, 4) is 5.75 Å². The van der Waals surface area contributed by atoms with Crippen LogP contribution in [0.5, 0.6) is 5.75 Å². The molecule has 26 heavy (non-hydrogen) atoms. The molecule has 0 aliphatic rings. The smallest absolute Gasteiger partial charge is 0.269 e. The molecule has 0 heterocycles. The third kappa shape index (κ3) is 5.75. The third-order valence-electron chi connectivity index (χ3n) is 3.17. The molecule has 0 aromatic heterocycles. The molecule has 0 spiro atoms. The second-order valence-electron chi connectivity index (χ2n) is 5.12. The summed E-state index contributed by atoms with van der Waals surface area (Å²) in [6.07, 6.45) is 0. The number of amides is 1. The normalized spacial score (nSPS) is 10.1. The standard InChI is InChI=1S/C16H13Br2N3O4S/c1-9-6-11(21(23)24)3-4-13(9)19-16(26)20-15(22)8-25-14-5-2-10(17)7-12(14)18/h2-7H,8H2,1H3,(H2,19,20,22,26). The Morgan fingerprint density at radius 1 is 1.27 bits per heavy atom. The highest BCUT2D eigenvalue weighted by Crippen LogP contribution is 2.28. The van der Waals surface area contributed by atoms with E-state index in [1.54, 1.807) is 25.1 Å². The minimum atomic E-state index is -0.478. The van der Waals surface area contributed by atoms with E-state index in [0.29, 0.717) is 21.5 Å². The minimum absolute atomic E-state index is 0.0171. The second-order valence-corrected chi connectivity index (χ2v) is 7.30. The van der Waals surface area contributed by atoms with Crippen molar-refractivity contribution in [3.63, 3.8) is 0 Å². The molecule has 136 valence electrons. The Kier molecular flexibility index (Phi) is 7.06. The zero-order chi connectivity index (χ0) is 19.3. The van der Waals surface area contributed by atoms with Crippen molar-refractivity contribution in [1.29, 1.82) is 0 Å². The molecule has 0 radical (unpaired) electrons. The molecule has 0 atom stereocenters. The summed E-state index contributed by atoms with van der Waals surface area (Å²) in [5, 5.41) is 16.1. The SMILES string of the molecule is Cc1cc([N+](=O)[O-])ccc1NC(=S)NC(=O)COc1ccc(Br)cc1Br. The maximum absolute atomic E-state index is 11.9. The number of ether oxygens (including phenoxy) is 1. The number of halogens is 2. The molecular formula is C16H13Br2N3O4S. The number of rotatable bonds is 5. The molecule has 0 bridgehead atoms. The van der Waals surface area contributed by atoms with Crippen LogP contribution in [-0.4, -0.2) is 22.5 Å². The molecule has 0 fully saturated rings. The van der Waals surface area contributed by atoms with Gasteiger partial charge in [0.25, 0.3) is 11.6 Å². The van der Waals surface area contributed by atoms with Gasteiger partial charge in [0.05, 0.1) is 9.40 Å². The van der Waals surface area contributed by atoms with Gasteiger partial charge in [-0.3, -0.25) is 20.2 Å². The summed E-state index contributed by atoms with van der Waals surface area (Å²) in [5.41, 5.74) is 1.18. The molecule has 2 N–H and O–H groups in total. The maximum Gasteiger partial charge on any atom is 0.269 e. The van der Waals surface area contributed by atoms with E-state index in [1.165, 1.54) is 18.2 Å². The number of thiocarbonyl (C=S) groups is 1. The van der Waals surface area contributed by atoms with E-state index in [0.717, 1.165) is 4.47 Å². The molecule has 0 saturated heterocycles. The van der Waals surface area contributed by atoms with Crippen molar-refractivity contribution in [2.75, 3.05) is 11.9 Å². The number of hydrogen-bond donors (Lipinski definition) is 2. The van der Waals surface area contributed by atoms with E-state index in [4.69, 9.17) is 17.0 Å². The summed E-state index contributed by atoms with van der Waals surface area (Å²) < 4.78 is 7.02. The Bertz CT molecular complexity index is 877. The summed E-state index contributed by atoms with van der Waals surface area (Å²) >= 11 is 11.8. The molecule has 2 aromatic carbocycles. The lowest BCUT2D eigenvalue weighted by molar-refractivity contribution is -0.384. The molecule has 0 saturated carbocycles. The van der Waals surface area contributed by atoms with Gasteiger partial charge in [0.2, 0.25) is 0 Å². The monoisotopic (exact) mass is 501 g/mol. The van der Waals surface area contributed by atoms with Crippen LogP contribution < -0.4 is 15.4 Å². The van der Waals surface area contributed by atoms with Crippen molar-refractivity contribution < 1.29 is 14.5 Å². The first-order valence-electron chi connectivity index (χ1n) is 7.20. The van der Waals surface area contributed by atoms with Crippen LogP contribution in [0.4, 0.5) is 11.4 Å². The summed E-state index contributed by atoms with van der Waals surface area (Å²) in [4.78, 5) is 22.2. The predicted molar refractivity (Wildman–Crippen MR) is 110 cm³/mol. The van der Waals surface area contributed by atoms with Crippen molar-refractivity contribution in [2.24, 2.45) is 0 Å². The van der Waals surface area contributed by atoms with Crippen LogP contribution in [0, 0.1) is 17.0 Å². The molecule has 0 aliphatic heterocycles. The van der Waals surface area contributed by atoms with Gasteiger partial charge in [0, 0.05) is 22.3 Å². The quantitative estimate of drug-likeness (QED) is 0.359. The van der Waals surface area contributed by atoms with Crippen molar-refractivity contribution in [1.82, 2.24) is 5.32 Å². The highest BCUT2D eigenvalue weighted by molar-refractivity contribution is 9.11. The number of carbonyl (C=O) groups excluding carboxylic acids is 1. The first-order valence-corrected chi connectivity index (χ1v) is 9.19. The van der Waals surface area contributed by atoms with Gasteiger partial charge < -0.3 is 10.1 Å². The number of nitrogens with one attached hydrogen (secondary N) is 2. The number of anilines is 1. The zero-order valence-electron chi connectivity index (χ0n) is 13.4. The minimum Gasteiger partial charge on any atom is -0.483 e. The Labute approximate surface area is 171 Å². The first kappa shape index (κ1) is 20.3. The van der Waals surface area contributed by atoms with Gasteiger partial charge >= 0.3 is 0 Å². The number of carbonyl (C=O) groups is 1. The lowest BCUT2D eigenvalue weighted by Gasteiger charge is -2.12. The number of aryl methyl sites for hydroxylation is 1. The van der Waals surface area contributed by atoms with E-state index in [1.807, 2.05) is 0 Å². The number of benzene rings is 2. The molecule has 0 aliphatic carbocycles. The number of nitro groups is 1. The summed E-state index contributed by atoms with van der Waals surface area (Å²) in [6, 6.07) is 9.62. The Morgan fingerprint density at radius 2 is 2.00 bits per heavy atom. The summed E-state index contributed by atoms with van der Waals surface area (Å²) in [5.74, 6) is 0.0883. The van der Waals surface area contributed by atoms with Crippen LogP contribution in [0.1, 0.15) is 5.56 Å². The largest absolute Gasteiger partial charge is 0.483 e. The van der Waals surface area contributed by atoms with Gasteiger partial charge in [0.1, 0.15) is 5.75 Å². The summed E-state index contributed by atoms with van der Waals surface area (Å²) in [6.45, 7) is 1.48. The number of nitrogens with zero attached hydrogens (tertiary/aromatic N) is 1. The highest BCUT2D eigenvalue weighted by atomic mass is 79.9. The number of non-ortho nitro benzene ring substituents is 1. The Balaban J connectivity index is 1.89. The first-order chi connectivity index (χ1) is 12.3. The second kappa shape index (κ2) is 9.06. The van der Waals surface area contributed by atoms with Gasteiger partial charge in [-0.25, -0.2) is 0 Å². The Morgan fingerprint density at radius 3 is 2.62 bits per heavy atom. The number of nitro benzene ring substituents is 1. The van der Waals surface area contributed by atoms with Crippen LogP contribution in [0.3, 0.4) is 0 Å². The average Bonchev–Trinajstić information content (AvgIpc) is 2.55. The van der Waals surface area contributed by atoms with Gasteiger partial charge in [0.15, 0.2) is 11.7 Å². The average molecular weight is 503 g/mol. The molecular weight excluding hydrogens is 490 g/mol. The fraction of sp³-hybridized carbons (Fsp3) is 0.125. The Hall–Kier alpha value is -2.04. The van der Waals surface area contributed by atoms with Crippen LogP contribution >= 0.6 is 44.1 Å². The molecule has 0 unspecified atom stereocenters. The fourth-order valence-corrected chi connectivity index (χ4v) is 3.34. The van der Waals surface area contributed by atoms with E-state index in [-0.39, 0.29) is 17.4 Å². The summed E-state index contributed by atoms with van der Waals surface area (Å²) in [7, 11) is 0. The molecule has 2 aromatic rings. The molecule has 7 nitrogen and oxygen atoms in total. The fourth-order valence-electron chi connectivity index (χ4n) is 1.95. The van der Waals surface area contributed by atoms with Crippen LogP contribution in [0.2, 0.25) is 0 Å². The van der Waals surface area contributed by atoms with Crippen LogP contribution in [-0.2, 0) is 4.79 Å². The maximum atomic E-state index is 11.9. The lowest BCUT2D eigenvalue weighted by Crippen LogP contribution is -2.37. The van der Waals surface area contributed by atoms with Gasteiger partial charge in [-0.1, -0.05) is 15.9 Å². The van der Waals surface area contributed by atoms with Crippen LogP contribution in [0.15, 0.2) is 45.3 Å². The predicted octanol–water partition coefficient (Wildman–Crippen LogP) is 4.32. The molecule has 2 rings (SSSR count). The topological polar surface area (TPSA) is 93.5 Å². The molecule has 1 amide bonds. The van der Waals surface area contributed by atoms with Crippen molar-refractivity contribution in [3.05, 3.63) is 61.0 Å².